The van der Waals surface area contributed by atoms with E-state index in [-0.39, 0.29) is 24.4 Å². The van der Waals surface area contributed by atoms with E-state index in [4.69, 9.17) is 0 Å². The highest BCUT2D eigenvalue weighted by Gasteiger charge is 2.16. The Labute approximate surface area is 181 Å². The molecule has 156 valence electrons. The molecule has 0 saturated heterocycles. The maximum Gasteiger partial charge on any atom is 0.253 e. The molecule has 0 fully saturated rings. The molecule has 30 heavy (non-hydrogen) atoms. The predicted octanol–water partition coefficient (Wildman–Crippen LogP) is 4.55. The van der Waals surface area contributed by atoms with Crippen molar-refractivity contribution < 1.29 is 9.59 Å². The Hall–Kier alpha value is -2.96. The zero-order valence-electron chi connectivity index (χ0n) is 17.3. The first-order valence-electron chi connectivity index (χ1n) is 10.1. The van der Waals surface area contributed by atoms with Gasteiger partial charge in [0.05, 0.1) is 12.6 Å². The van der Waals surface area contributed by atoms with Crippen molar-refractivity contribution in [2.75, 3.05) is 25.0 Å². The van der Waals surface area contributed by atoms with Crippen LogP contribution in [0.25, 0.3) is 0 Å². The Morgan fingerprint density at radius 3 is 2.23 bits per heavy atom. The molecule has 0 aliphatic rings. The van der Waals surface area contributed by atoms with E-state index in [1.54, 1.807) is 40.5 Å². The molecule has 2 amide bonds. The summed E-state index contributed by atoms with van der Waals surface area (Å²) in [6, 6.07) is 21.2. The third-order valence-corrected chi connectivity index (χ3v) is 5.83. The van der Waals surface area contributed by atoms with Crippen molar-refractivity contribution in [1.82, 2.24) is 10.2 Å². The second kappa shape index (κ2) is 10.7. The van der Waals surface area contributed by atoms with E-state index in [9.17, 15) is 9.59 Å². The zero-order chi connectivity index (χ0) is 21.3. The maximum atomic E-state index is 12.5. The van der Waals surface area contributed by atoms with Crippen LogP contribution in [0.3, 0.4) is 0 Å². The molecule has 3 aromatic rings. The van der Waals surface area contributed by atoms with Crippen molar-refractivity contribution in [2.45, 2.75) is 19.9 Å². The molecule has 2 N–H and O–H groups in total. The third-order valence-electron chi connectivity index (χ3n) is 4.89. The number of nitrogens with zero attached hydrogens (tertiary/aromatic N) is 1. The first-order valence-corrected chi connectivity index (χ1v) is 11.0. The number of amides is 2. The van der Waals surface area contributed by atoms with Crippen molar-refractivity contribution in [3.05, 3.63) is 88.1 Å². The first kappa shape index (κ1) is 21.7. The van der Waals surface area contributed by atoms with Gasteiger partial charge < -0.3 is 10.2 Å². The maximum absolute atomic E-state index is 12.5. The minimum absolute atomic E-state index is 0.00111. The van der Waals surface area contributed by atoms with E-state index in [1.165, 1.54) is 0 Å². The summed E-state index contributed by atoms with van der Waals surface area (Å²) in [6.07, 6.45) is 0. The van der Waals surface area contributed by atoms with Gasteiger partial charge in [0.15, 0.2) is 0 Å². The van der Waals surface area contributed by atoms with Gasteiger partial charge in [-0.05, 0) is 55.1 Å². The molecule has 3 rings (SSSR count). The Kier molecular flexibility index (Phi) is 7.76. The van der Waals surface area contributed by atoms with Gasteiger partial charge in [-0.2, -0.15) is 0 Å². The van der Waals surface area contributed by atoms with Gasteiger partial charge in [0.2, 0.25) is 5.91 Å². The van der Waals surface area contributed by atoms with Crippen LogP contribution in [0.1, 0.15) is 40.7 Å². The van der Waals surface area contributed by atoms with Gasteiger partial charge in [0.1, 0.15) is 0 Å². The number of benzene rings is 2. The highest BCUT2D eigenvalue weighted by molar-refractivity contribution is 7.10. The molecule has 0 bridgehead atoms. The summed E-state index contributed by atoms with van der Waals surface area (Å²) in [5, 5.41) is 8.29. The van der Waals surface area contributed by atoms with Crippen LogP contribution in [0, 0.1) is 0 Å². The van der Waals surface area contributed by atoms with Crippen LogP contribution < -0.4 is 10.6 Å². The number of nitrogens with one attached hydrogen (secondary N) is 2. The molecule has 1 heterocycles. The van der Waals surface area contributed by atoms with Gasteiger partial charge in [-0.3, -0.25) is 14.9 Å². The lowest BCUT2D eigenvalue weighted by Gasteiger charge is -2.19. The molecule has 6 heteroatoms. The minimum atomic E-state index is -0.129. The number of hydrogen-bond acceptors (Lipinski definition) is 4. The van der Waals surface area contributed by atoms with Crippen molar-refractivity contribution in [3.8, 4) is 0 Å². The molecule has 5 nitrogen and oxygen atoms in total. The van der Waals surface area contributed by atoms with Gasteiger partial charge in [0, 0.05) is 29.2 Å². The number of carbonyl (C=O) groups excluding carboxylic acids is 2. The van der Waals surface area contributed by atoms with Crippen LogP contribution in [-0.2, 0) is 4.79 Å². The van der Waals surface area contributed by atoms with Crippen molar-refractivity contribution in [3.63, 3.8) is 0 Å². The van der Waals surface area contributed by atoms with Crippen molar-refractivity contribution in [1.29, 1.82) is 0 Å². The minimum Gasteiger partial charge on any atom is -0.339 e. The van der Waals surface area contributed by atoms with E-state index >= 15 is 0 Å². The fourth-order valence-corrected chi connectivity index (χ4v) is 4.10. The molecule has 0 aliphatic carbocycles. The average Bonchev–Trinajstić information content (AvgIpc) is 3.30. The molecule has 1 aromatic heterocycles. The molecule has 2 aromatic carbocycles. The zero-order valence-corrected chi connectivity index (χ0v) is 18.1. The molecular formula is C24H27N3O2S. The Morgan fingerprint density at radius 1 is 0.933 bits per heavy atom. The quantitative estimate of drug-likeness (QED) is 0.533. The fourth-order valence-electron chi connectivity index (χ4n) is 3.27. The largest absolute Gasteiger partial charge is 0.339 e. The molecule has 0 unspecified atom stereocenters. The summed E-state index contributed by atoms with van der Waals surface area (Å²) in [5.74, 6) is -0.128. The second-order valence-electron chi connectivity index (χ2n) is 6.84. The highest BCUT2D eigenvalue weighted by atomic mass is 32.1. The standard InChI is InChI=1S/C24H27N3O2S/c1-3-27(4-2)24(29)19-12-14-20(15-13-19)26-22(28)17-25-23(21-11-8-16-30-21)18-9-6-5-7-10-18/h5-16,23,25H,3-4,17H2,1-2H3,(H,26,28)/t23-/m0/s1. The number of hydrogen-bond donors (Lipinski definition) is 2. The van der Waals surface area contributed by atoms with Crippen molar-refractivity contribution >= 4 is 28.8 Å². The monoisotopic (exact) mass is 421 g/mol. The number of rotatable bonds is 9. The van der Waals surface area contributed by atoms with Crippen molar-refractivity contribution in [2.24, 2.45) is 0 Å². The van der Waals surface area contributed by atoms with Gasteiger partial charge >= 0.3 is 0 Å². The van der Waals surface area contributed by atoms with Crippen LogP contribution in [0.2, 0.25) is 0 Å². The van der Waals surface area contributed by atoms with E-state index in [0.717, 1.165) is 10.4 Å². The summed E-state index contributed by atoms with van der Waals surface area (Å²) in [6.45, 7) is 5.44. The van der Waals surface area contributed by atoms with Crippen LogP contribution in [0.15, 0.2) is 72.1 Å². The highest BCUT2D eigenvalue weighted by Crippen LogP contribution is 2.25. The number of thiophene rings is 1. The summed E-state index contributed by atoms with van der Waals surface area (Å²) >= 11 is 1.66. The van der Waals surface area contributed by atoms with Crippen LogP contribution in [0.5, 0.6) is 0 Å². The van der Waals surface area contributed by atoms with E-state index < -0.39 is 0 Å². The van der Waals surface area contributed by atoms with Crippen LogP contribution in [0.4, 0.5) is 5.69 Å². The number of carbonyl (C=O) groups is 2. The van der Waals surface area contributed by atoms with Gasteiger partial charge in [0.25, 0.3) is 5.91 Å². The molecule has 0 radical (unpaired) electrons. The Balaban J connectivity index is 1.60. The Bertz CT molecular complexity index is 936. The number of anilines is 1. The predicted molar refractivity (Wildman–Crippen MR) is 123 cm³/mol. The third kappa shape index (κ3) is 5.55. The lowest BCUT2D eigenvalue weighted by molar-refractivity contribution is -0.115. The topological polar surface area (TPSA) is 61.4 Å². The average molecular weight is 422 g/mol. The van der Waals surface area contributed by atoms with Crippen LogP contribution >= 0.6 is 11.3 Å². The SMILES string of the molecule is CCN(CC)C(=O)c1ccc(NC(=O)CN[C@@H](c2ccccc2)c2cccs2)cc1. The molecule has 1 atom stereocenters. The summed E-state index contributed by atoms with van der Waals surface area (Å²) in [7, 11) is 0. The van der Waals surface area contributed by atoms with Crippen LogP contribution in [-0.4, -0.2) is 36.3 Å². The summed E-state index contributed by atoms with van der Waals surface area (Å²) in [5.41, 5.74) is 2.41. The van der Waals surface area contributed by atoms with Gasteiger partial charge in [-0.1, -0.05) is 36.4 Å². The summed E-state index contributed by atoms with van der Waals surface area (Å²) in [4.78, 5) is 27.8. The normalized spacial score (nSPS) is 11.7. The van der Waals surface area contributed by atoms with Gasteiger partial charge in [-0.15, -0.1) is 11.3 Å². The lowest BCUT2D eigenvalue weighted by atomic mass is 10.1. The van der Waals surface area contributed by atoms with Gasteiger partial charge in [-0.25, -0.2) is 0 Å². The lowest BCUT2D eigenvalue weighted by Crippen LogP contribution is -2.31. The second-order valence-corrected chi connectivity index (χ2v) is 7.82. The first-order chi connectivity index (χ1) is 14.6. The van der Waals surface area contributed by atoms with E-state index in [1.807, 2.05) is 43.5 Å². The molecule has 0 saturated carbocycles. The summed E-state index contributed by atoms with van der Waals surface area (Å²) < 4.78 is 0. The molecular weight excluding hydrogens is 394 g/mol. The van der Waals surface area contributed by atoms with E-state index in [0.29, 0.717) is 24.3 Å². The smallest absolute Gasteiger partial charge is 0.253 e. The fraction of sp³-hybridized carbons (Fsp3) is 0.250. The molecule has 0 spiro atoms. The van der Waals surface area contributed by atoms with E-state index in [2.05, 4.69) is 28.8 Å². The Morgan fingerprint density at radius 2 is 1.63 bits per heavy atom. The molecule has 0 aliphatic heterocycles.